The Bertz CT molecular complexity index is 883. The summed E-state index contributed by atoms with van der Waals surface area (Å²) in [4.78, 5) is 17.9. The van der Waals surface area contributed by atoms with E-state index < -0.39 is 0 Å². The van der Waals surface area contributed by atoms with E-state index in [1.807, 2.05) is 24.3 Å². The van der Waals surface area contributed by atoms with Crippen LogP contribution in [0.1, 0.15) is 37.8 Å². The molecule has 2 aromatic rings. The van der Waals surface area contributed by atoms with Gasteiger partial charge in [-0.25, -0.2) is 4.39 Å². The molecule has 1 amide bonds. The molecule has 0 bridgehead atoms. The Morgan fingerprint density at radius 2 is 1.62 bits per heavy atom. The van der Waals surface area contributed by atoms with E-state index in [1.165, 1.54) is 12.1 Å². The van der Waals surface area contributed by atoms with Crippen molar-refractivity contribution in [2.24, 2.45) is 17.8 Å². The van der Waals surface area contributed by atoms with Crippen LogP contribution < -0.4 is 4.74 Å². The van der Waals surface area contributed by atoms with Crippen LogP contribution in [0.2, 0.25) is 0 Å². The fourth-order valence-corrected chi connectivity index (χ4v) is 5.21. The lowest BCUT2D eigenvalue weighted by Crippen LogP contribution is -2.40. The van der Waals surface area contributed by atoms with Crippen molar-refractivity contribution in [3.63, 3.8) is 0 Å². The summed E-state index contributed by atoms with van der Waals surface area (Å²) in [5, 5.41) is 0. The Kier molecular flexibility index (Phi) is 7.14. The molecule has 0 N–H and O–H groups in total. The normalized spacial score (nSPS) is 22.8. The molecule has 4 rings (SSSR count). The summed E-state index contributed by atoms with van der Waals surface area (Å²) in [6, 6.07) is 14.7. The van der Waals surface area contributed by atoms with Gasteiger partial charge >= 0.3 is 0 Å². The van der Waals surface area contributed by atoms with Crippen LogP contribution in [0, 0.1) is 23.6 Å². The molecule has 2 fully saturated rings. The van der Waals surface area contributed by atoms with E-state index in [1.54, 1.807) is 12.1 Å². The van der Waals surface area contributed by atoms with Gasteiger partial charge in [0.25, 0.3) is 0 Å². The second-order valence-corrected chi connectivity index (χ2v) is 10.0. The average Bonchev–Trinajstić information content (AvgIpc) is 3.30. The first-order chi connectivity index (χ1) is 15.4. The fraction of sp³-hybridized carbons (Fsp3) is 0.519. The molecule has 3 atom stereocenters. The number of rotatable bonds is 8. The molecule has 32 heavy (non-hydrogen) atoms. The number of hydrogen-bond acceptors (Lipinski definition) is 3. The molecule has 1 heterocycles. The maximum Gasteiger partial charge on any atom is 0.227 e. The molecular formula is C27H35FN2O2. The molecule has 1 aliphatic heterocycles. The quantitative estimate of drug-likeness (QED) is 0.595. The minimum absolute atomic E-state index is 0.142. The number of nitrogens with zero attached hydrogens (tertiary/aromatic N) is 2. The SMILES string of the molecule is CC(C)COc1ccc(CC(=O)N(Cc2ccc(F)cc2)[C@H]2C[C@@H]3CN(C)C[C@@H]3C2)cc1. The maximum atomic E-state index is 13.5. The zero-order chi connectivity index (χ0) is 22.7. The molecule has 0 spiro atoms. The Morgan fingerprint density at radius 1 is 1.03 bits per heavy atom. The van der Waals surface area contributed by atoms with Gasteiger partial charge in [0.15, 0.2) is 0 Å². The van der Waals surface area contributed by atoms with Gasteiger partial charge in [0.1, 0.15) is 11.6 Å². The van der Waals surface area contributed by atoms with Gasteiger partial charge < -0.3 is 14.5 Å². The van der Waals surface area contributed by atoms with Crippen molar-refractivity contribution in [2.75, 3.05) is 26.7 Å². The van der Waals surface area contributed by atoms with E-state index in [0.717, 1.165) is 42.8 Å². The molecule has 1 saturated carbocycles. The van der Waals surface area contributed by atoms with Crippen LogP contribution in [-0.4, -0.2) is 48.5 Å². The topological polar surface area (TPSA) is 32.8 Å². The predicted octanol–water partition coefficient (Wildman–Crippen LogP) is 4.77. The lowest BCUT2D eigenvalue weighted by molar-refractivity contribution is -0.133. The number of ether oxygens (including phenoxy) is 1. The minimum atomic E-state index is -0.246. The summed E-state index contributed by atoms with van der Waals surface area (Å²) < 4.78 is 19.2. The number of amides is 1. The highest BCUT2D eigenvalue weighted by Crippen LogP contribution is 2.40. The summed E-state index contributed by atoms with van der Waals surface area (Å²) in [7, 11) is 2.18. The highest BCUT2D eigenvalue weighted by atomic mass is 19.1. The van der Waals surface area contributed by atoms with Crippen molar-refractivity contribution < 1.29 is 13.9 Å². The van der Waals surface area contributed by atoms with Crippen molar-refractivity contribution in [2.45, 2.75) is 45.7 Å². The van der Waals surface area contributed by atoms with E-state index in [2.05, 4.69) is 30.7 Å². The molecule has 2 aliphatic rings. The smallest absolute Gasteiger partial charge is 0.227 e. The highest BCUT2D eigenvalue weighted by molar-refractivity contribution is 5.79. The molecule has 0 unspecified atom stereocenters. The number of hydrogen-bond donors (Lipinski definition) is 0. The van der Waals surface area contributed by atoms with Gasteiger partial charge in [-0.05, 0) is 73.0 Å². The zero-order valence-electron chi connectivity index (χ0n) is 19.5. The number of fused-ring (bicyclic) bond motifs is 1. The summed E-state index contributed by atoms with van der Waals surface area (Å²) >= 11 is 0. The van der Waals surface area contributed by atoms with E-state index in [-0.39, 0.29) is 17.8 Å². The lowest BCUT2D eigenvalue weighted by atomic mass is 10.0. The fourth-order valence-electron chi connectivity index (χ4n) is 5.21. The highest BCUT2D eigenvalue weighted by Gasteiger charge is 2.42. The van der Waals surface area contributed by atoms with Gasteiger partial charge in [0, 0.05) is 25.7 Å². The van der Waals surface area contributed by atoms with Crippen LogP contribution in [-0.2, 0) is 17.8 Å². The van der Waals surface area contributed by atoms with E-state index >= 15 is 0 Å². The summed E-state index contributed by atoms with van der Waals surface area (Å²) in [6.07, 6.45) is 2.49. The van der Waals surface area contributed by atoms with Gasteiger partial charge in [0.2, 0.25) is 5.91 Å². The first-order valence-corrected chi connectivity index (χ1v) is 11.8. The second kappa shape index (κ2) is 10.0. The molecule has 5 heteroatoms. The number of carbonyl (C=O) groups is 1. The van der Waals surface area contributed by atoms with Gasteiger partial charge in [-0.15, -0.1) is 0 Å². The molecule has 2 aromatic carbocycles. The number of benzene rings is 2. The monoisotopic (exact) mass is 438 g/mol. The predicted molar refractivity (Wildman–Crippen MR) is 125 cm³/mol. The van der Waals surface area contributed by atoms with Crippen molar-refractivity contribution in [3.8, 4) is 5.75 Å². The molecule has 1 saturated heterocycles. The molecule has 0 radical (unpaired) electrons. The van der Waals surface area contributed by atoms with Gasteiger partial charge in [-0.1, -0.05) is 38.1 Å². The first kappa shape index (κ1) is 22.8. The summed E-state index contributed by atoms with van der Waals surface area (Å²) in [5.41, 5.74) is 1.97. The maximum absolute atomic E-state index is 13.5. The standard InChI is InChI=1S/C27H35FN2O2/c1-19(2)18-32-26-10-6-20(7-11-26)12-27(31)30(15-21-4-8-24(28)9-5-21)25-13-22-16-29(3)17-23(22)14-25/h4-11,19,22-23,25H,12-18H2,1-3H3/t22-,23+,25+. The number of likely N-dealkylation sites (tertiary alicyclic amines) is 1. The van der Waals surface area contributed by atoms with Crippen molar-refractivity contribution >= 4 is 5.91 Å². The van der Waals surface area contributed by atoms with Crippen LogP contribution in [0.3, 0.4) is 0 Å². The lowest BCUT2D eigenvalue weighted by Gasteiger charge is -2.30. The van der Waals surface area contributed by atoms with Crippen LogP contribution in [0.4, 0.5) is 4.39 Å². The first-order valence-electron chi connectivity index (χ1n) is 11.8. The van der Waals surface area contributed by atoms with Crippen molar-refractivity contribution in [1.82, 2.24) is 9.80 Å². The van der Waals surface area contributed by atoms with E-state index in [4.69, 9.17) is 4.74 Å². The van der Waals surface area contributed by atoms with Crippen LogP contribution in [0.15, 0.2) is 48.5 Å². The molecule has 4 nitrogen and oxygen atoms in total. The number of carbonyl (C=O) groups excluding carboxylic acids is 1. The summed E-state index contributed by atoms with van der Waals surface area (Å²) in [5.74, 6) is 2.55. The van der Waals surface area contributed by atoms with Crippen molar-refractivity contribution in [3.05, 3.63) is 65.5 Å². The zero-order valence-corrected chi connectivity index (χ0v) is 19.5. The van der Waals surface area contributed by atoms with Crippen LogP contribution in [0.5, 0.6) is 5.75 Å². The third kappa shape index (κ3) is 5.69. The molecular weight excluding hydrogens is 403 g/mol. The van der Waals surface area contributed by atoms with E-state index in [0.29, 0.717) is 37.3 Å². The van der Waals surface area contributed by atoms with E-state index in [9.17, 15) is 9.18 Å². The Balaban J connectivity index is 1.45. The average molecular weight is 439 g/mol. The largest absolute Gasteiger partial charge is 0.493 e. The molecule has 0 aromatic heterocycles. The Labute approximate surface area is 191 Å². The third-order valence-electron chi connectivity index (χ3n) is 6.80. The third-order valence-corrected chi connectivity index (χ3v) is 6.80. The minimum Gasteiger partial charge on any atom is -0.493 e. The van der Waals surface area contributed by atoms with Gasteiger partial charge in [0.05, 0.1) is 13.0 Å². The number of halogens is 1. The van der Waals surface area contributed by atoms with Crippen LogP contribution in [0.25, 0.3) is 0 Å². The van der Waals surface area contributed by atoms with Crippen LogP contribution >= 0.6 is 0 Å². The summed E-state index contributed by atoms with van der Waals surface area (Å²) in [6.45, 7) is 7.71. The Hall–Kier alpha value is -2.40. The van der Waals surface area contributed by atoms with Gasteiger partial charge in [-0.2, -0.15) is 0 Å². The molecule has 172 valence electrons. The Morgan fingerprint density at radius 3 is 2.22 bits per heavy atom. The second-order valence-electron chi connectivity index (χ2n) is 10.0. The molecule has 1 aliphatic carbocycles. The van der Waals surface area contributed by atoms with Crippen molar-refractivity contribution in [1.29, 1.82) is 0 Å². The van der Waals surface area contributed by atoms with Gasteiger partial charge in [-0.3, -0.25) is 4.79 Å².